The molecule has 1 aliphatic heterocycles. The van der Waals surface area contributed by atoms with Gasteiger partial charge in [0.2, 0.25) is 5.95 Å². The topological polar surface area (TPSA) is 82.3 Å². The molecule has 1 atom stereocenters. The lowest BCUT2D eigenvalue weighted by Crippen LogP contribution is -2.43. The van der Waals surface area contributed by atoms with E-state index in [1.807, 2.05) is 6.20 Å². The highest BCUT2D eigenvalue weighted by atomic mass is 16.3. The summed E-state index contributed by atoms with van der Waals surface area (Å²) in [5.41, 5.74) is 4.27. The van der Waals surface area contributed by atoms with Crippen molar-refractivity contribution >= 4 is 17.0 Å². The molecule has 0 unspecified atom stereocenters. The van der Waals surface area contributed by atoms with Crippen LogP contribution in [0, 0.1) is 0 Å². The van der Waals surface area contributed by atoms with E-state index >= 15 is 0 Å². The van der Waals surface area contributed by atoms with Crippen LogP contribution in [0.3, 0.4) is 0 Å². The molecule has 0 radical (unpaired) electrons. The standard InChI is InChI=1S/C29H43N7O/c1-4-6-23(5-2)31-29-30-19-26-27(33-36(28(26)32-29)24-11-13-25(37)14-12-24)22-9-7-21(8-10-22)20-35-17-15-34(3)16-18-35/h7-10,19,23-25,37H,4-6,11-18,20H2,1-3H3,(H,30,31,32)/t23-,24?,25?/m0/s1. The second-order valence-corrected chi connectivity index (χ2v) is 11.0. The number of fused-ring (bicyclic) bond motifs is 1. The highest BCUT2D eigenvalue weighted by Crippen LogP contribution is 2.34. The van der Waals surface area contributed by atoms with E-state index in [4.69, 9.17) is 15.1 Å². The minimum Gasteiger partial charge on any atom is -0.393 e. The first-order valence-electron chi connectivity index (χ1n) is 14.2. The molecule has 0 amide bonds. The molecule has 3 heterocycles. The maximum absolute atomic E-state index is 10.1. The minimum absolute atomic E-state index is 0.198. The lowest BCUT2D eigenvalue weighted by molar-refractivity contribution is 0.109. The Morgan fingerprint density at radius 2 is 1.76 bits per heavy atom. The molecule has 1 saturated heterocycles. The van der Waals surface area contributed by atoms with Crippen molar-refractivity contribution in [2.75, 3.05) is 38.5 Å². The van der Waals surface area contributed by atoms with E-state index in [2.05, 4.69) is 65.0 Å². The van der Waals surface area contributed by atoms with Gasteiger partial charge in [0.1, 0.15) is 5.69 Å². The number of nitrogens with zero attached hydrogens (tertiary/aromatic N) is 6. The molecule has 1 aliphatic carbocycles. The lowest BCUT2D eigenvalue weighted by atomic mass is 9.93. The van der Waals surface area contributed by atoms with Crippen molar-refractivity contribution in [3.8, 4) is 11.3 Å². The first-order chi connectivity index (χ1) is 18.0. The number of aliphatic hydroxyl groups excluding tert-OH is 1. The zero-order valence-electron chi connectivity index (χ0n) is 22.7. The second kappa shape index (κ2) is 11.9. The largest absolute Gasteiger partial charge is 0.393 e. The number of hydrogen-bond acceptors (Lipinski definition) is 7. The molecule has 0 spiro atoms. The average Bonchev–Trinajstić information content (AvgIpc) is 3.29. The van der Waals surface area contributed by atoms with Gasteiger partial charge < -0.3 is 15.3 Å². The van der Waals surface area contributed by atoms with Crippen LogP contribution in [0.25, 0.3) is 22.3 Å². The molecule has 3 aromatic rings. The fourth-order valence-electron chi connectivity index (χ4n) is 5.71. The monoisotopic (exact) mass is 505 g/mol. The maximum Gasteiger partial charge on any atom is 0.224 e. The van der Waals surface area contributed by atoms with Gasteiger partial charge in [-0.3, -0.25) is 4.90 Å². The minimum atomic E-state index is -0.198. The summed E-state index contributed by atoms with van der Waals surface area (Å²) in [6.45, 7) is 9.91. The molecular weight excluding hydrogens is 462 g/mol. The Bertz CT molecular complexity index is 1150. The summed E-state index contributed by atoms with van der Waals surface area (Å²) in [5, 5.41) is 19.7. The number of aliphatic hydroxyl groups is 1. The number of piperazine rings is 1. The Kier molecular flexibility index (Phi) is 8.37. The predicted octanol–water partition coefficient (Wildman–Crippen LogP) is 4.71. The van der Waals surface area contributed by atoms with Gasteiger partial charge in [-0.15, -0.1) is 0 Å². The molecule has 1 aromatic carbocycles. The third kappa shape index (κ3) is 6.13. The summed E-state index contributed by atoms with van der Waals surface area (Å²) < 4.78 is 2.11. The van der Waals surface area contributed by atoms with Crippen molar-refractivity contribution < 1.29 is 5.11 Å². The fraction of sp³-hybridized carbons (Fsp3) is 0.621. The number of benzene rings is 1. The van der Waals surface area contributed by atoms with Gasteiger partial charge in [-0.05, 0) is 51.1 Å². The van der Waals surface area contributed by atoms with Gasteiger partial charge in [0.25, 0.3) is 0 Å². The normalized spacial score (nSPS) is 22.4. The van der Waals surface area contributed by atoms with Gasteiger partial charge in [-0.25, -0.2) is 9.67 Å². The first-order valence-corrected chi connectivity index (χ1v) is 14.2. The van der Waals surface area contributed by atoms with Crippen molar-refractivity contribution in [1.82, 2.24) is 29.5 Å². The van der Waals surface area contributed by atoms with Crippen molar-refractivity contribution in [1.29, 1.82) is 0 Å². The van der Waals surface area contributed by atoms with Crippen LogP contribution in [-0.2, 0) is 6.54 Å². The fourth-order valence-corrected chi connectivity index (χ4v) is 5.71. The van der Waals surface area contributed by atoms with Gasteiger partial charge in [0.05, 0.1) is 17.5 Å². The number of aromatic nitrogens is 4. The quantitative estimate of drug-likeness (QED) is 0.436. The number of rotatable bonds is 9. The second-order valence-electron chi connectivity index (χ2n) is 11.0. The van der Waals surface area contributed by atoms with Crippen LogP contribution in [0.15, 0.2) is 30.5 Å². The van der Waals surface area contributed by atoms with Crippen LogP contribution >= 0.6 is 0 Å². The number of hydrogen-bond donors (Lipinski definition) is 2. The van der Waals surface area contributed by atoms with Crippen molar-refractivity contribution in [3.63, 3.8) is 0 Å². The van der Waals surface area contributed by atoms with Crippen molar-refractivity contribution in [3.05, 3.63) is 36.0 Å². The molecule has 2 N–H and O–H groups in total. The van der Waals surface area contributed by atoms with E-state index in [0.717, 1.165) is 100.0 Å². The number of likely N-dealkylation sites (N-methyl/N-ethyl adjacent to an activating group) is 1. The Morgan fingerprint density at radius 3 is 2.43 bits per heavy atom. The number of anilines is 1. The summed E-state index contributed by atoms with van der Waals surface area (Å²) in [5.74, 6) is 0.680. The molecule has 2 fully saturated rings. The van der Waals surface area contributed by atoms with Crippen molar-refractivity contribution in [2.24, 2.45) is 0 Å². The lowest BCUT2D eigenvalue weighted by Gasteiger charge is -2.32. The van der Waals surface area contributed by atoms with Gasteiger partial charge in [-0.1, -0.05) is 44.5 Å². The molecule has 37 heavy (non-hydrogen) atoms. The SMILES string of the molecule is CCC[C@H](CC)Nc1ncc2c(-c3ccc(CN4CCN(C)CC4)cc3)nn(C3CCC(O)CC3)c2n1. The molecular formula is C29H43N7O. The maximum atomic E-state index is 10.1. The van der Waals surface area contributed by atoms with E-state index in [1.54, 1.807) is 0 Å². The molecule has 8 nitrogen and oxygen atoms in total. The summed E-state index contributed by atoms with van der Waals surface area (Å²) >= 11 is 0. The molecule has 0 bridgehead atoms. The predicted molar refractivity (Wildman–Crippen MR) is 150 cm³/mol. The van der Waals surface area contributed by atoms with E-state index in [-0.39, 0.29) is 12.1 Å². The third-order valence-electron chi connectivity index (χ3n) is 8.15. The molecule has 200 valence electrons. The van der Waals surface area contributed by atoms with Crippen LogP contribution in [0.2, 0.25) is 0 Å². The molecule has 5 rings (SSSR count). The van der Waals surface area contributed by atoms with Gasteiger partial charge >= 0.3 is 0 Å². The molecule has 2 aromatic heterocycles. The zero-order chi connectivity index (χ0) is 25.8. The van der Waals surface area contributed by atoms with Crippen molar-refractivity contribution in [2.45, 2.75) is 83.5 Å². The first kappa shape index (κ1) is 26.1. The summed E-state index contributed by atoms with van der Waals surface area (Å²) in [6.07, 6.45) is 8.48. The Balaban J connectivity index is 1.43. The molecule has 1 saturated carbocycles. The van der Waals surface area contributed by atoms with E-state index in [1.165, 1.54) is 5.56 Å². The molecule has 2 aliphatic rings. The summed E-state index contributed by atoms with van der Waals surface area (Å²) in [7, 11) is 2.20. The van der Waals surface area contributed by atoms with E-state index in [9.17, 15) is 5.11 Å². The van der Waals surface area contributed by atoms with Gasteiger partial charge in [0.15, 0.2) is 5.65 Å². The number of nitrogens with one attached hydrogen (secondary N) is 1. The van der Waals surface area contributed by atoms with E-state index in [0.29, 0.717) is 12.0 Å². The van der Waals surface area contributed by atoms with Gasteiger partial charge in [0, 0.05) is 50.5 Å². The van der Waals surface area contributed by atoms with Crippen LogP contribution in [0.4, 0.5) is 5.95 Å². The van der Waals surface area contributed by atoms with Crippen LogP contribution in [-0.4, -0.2) is 80.0 Å². The summed E-state index contributed by atoms with van der Waals surface area (Å²) in [6, 6.07) is 9.49. The highest BCUT2D eigenvalue weighted by molar-refractivity contribution is 5.91. The van der Waals surface area contributed by atoms with Crippen LogP contribution in [0.1, 0.15) is 70.4 Å². The smallest absolute Gasteiger partial charge is 0.224 e. The third-order valence-corrected chi connectivity index (χ3v) is 8.15. The van der Waals surface area contributed by atoms with E-state index < -0.39 is 0 Å². The average molecular weight is 506 g/mol. The zero-order valence-corrected chi connectivity index (χ0v) is 22.7. The van der Waals surface area contributed by atoms with Crippen LogP contribution < -0.4 is 5.32 Å². The Morgan fingerprint density at radius 1 is 1.03 bits per heavy atom. The highest BCUT2D eigenvalue weighted by Gasteiger charge is 2.26. The van der Waals surface area contributed by atoms with Crippen LogP contribution in [0.5, 0.6) is 0 Å². The Hall–Kier alpha value is -2.55. The molecule has 8 heteroatoms. The van der Waals surface area contributed by atoms with Gasteiger partial charge in [-0.2, -0.15) is 10.1 Å². The Labute approximate surface area is 221 Å². The summed E-state index contributed by atoms with van der Waals surface area (Å²) in [4.78, 5) is 14.6.